The van der Waals surface area contributed by atoms with Crippen LogP contribution in [-0.4, -0.2) is 36.3 Å². The van der Waals surface area contributed by atoms with Crippen molar-refractivity contribution in [3.8, 4) is 0 Å². The normalized spacial score (nSPS) is 20.1. The average Bonchev–Trinajstić information content (AvgIpc) is 2.98. The first-order chi connectivity index (χ1) is 10.2. The molecule has 4 nitrogen and oxygen atoms in total. The predicted molar refractivity (Wildman–Crippen MR) is 83.3 cm³/mol. The third-order valence-corrected chi connectivity index (χ3v) is 5.42. The second-order valence-electron chi connectivity index (χ2n) is 6.13. The number of thiophene rings is 1. The van der Waals surface area contributed by atoms with E-state index in [2.05, 4.69) is 5.32 Å². The van der Waals surface area contributed by atoms with Gasteiger partial charge in [-0.15, -0.1) is 11.3 Å². The third kappa shape index (κ3) is 3.46. The monoisotopic (exact) mass is 306 g/mol. The first kappa shape index (κ1) is 14.6. The van der Waals surface area contributed by atoms with Crippen molar-refractivity contribution in [3.63, 3.8) is 0 Å². The molecule has 2 aliphatic rings. The summed E-state index contributed by atoms with van der Waals surface area (Å²) in [6.45, 7) is 1.94. The molecule has 0 aromatic carbocycles. The summed E-state index contributed by atoms with van der Waals surface area (Å²) in [6, 6.07) is 3.72. The van der Waals surface area contributed by atoms with Gasteiger partial charge in [0.15, 0.2) is 0 Å². The Bertz CT molecular complexity index is 488. The van der Waals surface area contributed by atoms with Crippen LogP contribution in [0.2, 0.25) is 0 Å². The molecule has 1 aromatic heterocycles. The highest BCUT2D eigenvalue weighted by Crippen LogP contribution is 2.24. The molecular formula is C16H22N2O2S. The van der Waals surface area contributed by atoms with Crippen molar-refractivity contribution in [2.24, 2.45) is 11.8 Å². The SMILES string of the molecule is O=C(NCC1CCCCC1)C1CN(C(=O)c2cccs2)C1. The molecule has 1 aliphatic carbocycles. The van der Waals surface area contributed by atoms with Crippen LogP contribution in [0.5, 0.6) is 0 Å². The maximum Gasteiger partial charge on any atom is 0.263 e. The molecule has 2 amide bonds. The van der Waals surface area contributed by atoms with Crippen molar-refractivity contribution in [2.45, 2.75) is 32.1 Å². The molecule has 1 saturated heterocycles. The van der Waals surface area contributed by atoms with E-state index in [0.29, 0.717) is 19.0 Å². The van der Waals surface area contributed by atoms with Gasteiger partial charge in [-0.05, 0) is 30.2 Å². The van der Waals surface area contributed by atoms with Gasteiger partial charge in [0.05, 0.1) is 10.8 Å². The fraction of sp³-hybridized carbons (Fsp3) is 0.625. The largest absolute Gasteiger partial charge is 0.355 e. The van der Waals surface area contributed by atoms with Gasteiger partial charge in [-0.2, -0.15) is 0 Å². The number of rotatable bonds is 4. The summed E-state index contributed by atoms with van der Waals surface area (Å²) in [7, 11) is 0. The lowest BCUT2D eigenvalue weighted by Crippen LogP contribution is -2.56. The van der Waals surface area contributed by atoms with Crippen LogP contribution in [0.3, 0.4) is 0 Å². The summed E-state index contributed by atoms with van der Waals surface area (Å²) in [5.41, 5.74) is 0. The molecule has 3 rings (SSSR count). The number of likely N-dealkylation sites (tertiary alicyclic amines) is 1. The lowest BCUT2D eigenvalue weighted by Gasteiger charge is -2.38. The van der Waals surface area contributed by atoms with Gasteiger partial charge < -0.3 is 10.2 Å². The number of hydrogen-bond acceptors (Lipinski definition) is 3. The van der Waals surface area contributed by atoms with E-state index in [1.54, 1.807) is 4.90 Å². The van der Waals surface area contributed by atoms with Gasteiger partial charge in [0.1, 0.15) is 0 Å². The van der Waals surface area contributed by atoms with Crippen molar-refractivity contribution >= 4 is 23.2 Å². The first-order valence-electron chi connectivity index (χ1n) is 7.84. The van der Waals surface area contributed by atoms with Gasteiger partial charge in [-0.25, -0.2) is 0 Å². The van der Waals surface area contributed by atoms with Crippen LogP contribution < -0.4 is 5.32 Å². The molecule has 114 valence electrons. The van der Waals surface area contributed by atoms with Crippen LogP contribution in [0.1, 0.15) is 41.8 Å². The van der Waals surface area contributed by atoms with Crippen LogP contribution in [0, 0.1) is 11.8 Å². The van der Waals surface area contributed by atoms with Crippen molar-refractivity contribution in [1.82, 2.24) is 10.2 Å². The van der Waals surface area contributed by atoms with E-state index in [9.17, 15) is 9.59 Å². The summed E-state index contributed by atoms with van der Waals surface area (Å²) >= 11 is 1.46. The highest BCUT2D eigenvalue weighted by atomic mass is 32.1. The van der Waals surface area contributed by atoms with E-state index in [0.717, 1.165) is 11.4 Å². The summed E-state index contributed by atoms with van der Waals surface area (Å²) in [5.74, 6) is 0.821. The van der Waals surface area contributed by atoms with E-state index < -0.39 is 0 Å². The van der Waals surface area contributed by atoms with Crippen LogP contribution in [0.15, 0.2) is 17.5 Å². The highest BCUT2D eigenvalue weighted by molar-refractivity contribution is 7.12. The predicted octanol–water partition coefficient (Wildman–Crippen LogP) is 2.52. The molecule has 2 fully saturated rings. The maximum absolute atomic E-state index is 12.1. The van der Waals surface area contributed by atoms with Gasteiger partial charge in [0.2, 0.25) is 5.91 Å². The zero-order valence-electron chi connectivity index (χ0n) is 12.2. The Balaban J connectivity index is 1.39. The number of carbonyl (C=O) groups is 2. The lowest BCUT2D eigenvalue weighted by molar-refractivity contribution is -0.129. The molecule has 0 atom stereocenters. The number of nitrogens with one attached hydrogen (secondary N) is 1. The van der Waals surface area contributed by atoms with Gasteiger partial charge in [0.25, 0.3) is 5.91 Å². The molecule has 1 aromatic rings. The number of hydrogen-bond donors (Lipinski definition) is 1. The summed E-state index contributed by atoms with van der Waals surface area (Å²) < 4.78 is 0. The molecule has 1 aliphatic heterocycles. The van der Waals surface area contributed by atoms with Crippen molar-refractivity contribution in [2.75, 3.05) is 19.6 Å². The van der Waals surface area contributed by atoms with Crippen LogP contribution in [0.4, 0.5) is 0 Å². The Morgan fingerprint density at radius 1 is 1.24 bits per heavy atom. The van der Waals surface area contributed by atoms with E-state index >= 15 is 0 Å². The molecular weight excluding hydrogens is 284 g/mol. The van der Waals surface area contributed by atoms with Crippen molar-refractivity contribution in [1.29, 1.82) is 0 Å². The molecule has 2 heterocycles. The molecule has 21 heavy (non-hydrogen) atoms. The van der Waals surface area contributed by atoms with Gasteiger partial charge >= 0.3 is 0 Å². The van der Waals surface area contributed by atoms with Crippen LogP contribution in [-0.2, 0) is 4.79 Å². The number of nitrogens with zero attached hydrogens (tertiary/aromatic N) is 1. The Morgan fingerprint density at radius 3 is 2.67 bits per heavy atom. The molecule has 0 unspecified atom stereocenters. The minimum atomic E-state index is -0.0162. The van der Waals surface area contributed by atoms with Gasteiger partial charge in [-0.1, -0.05) is 25.3 Å². The van der Waals surface area contributed by atoms with E-state index in [4.69, 9.17) is 0 Å². The van der Waals surface area contributed by atoms with Crippen LogP contribution in [0.25, 0.3) is 0 Å². The van der Waals surface area contributed by atoms with Crippen LogP contribution >= 0.6 is 11.3 Å². The fourth-order valence-corrected chi connectivity index (χ4v) is 3.84. The quantitative estimate of drug-likeness (QED) is 0.929. The Labute approximate surface area is 129 Å². The minimum Gasteiger partial charge on any atom is -0.355 e. The zero-order valence-corrected chi connectivity index (χ0v) is 13.0. The lowest BCUT2D eigenvalue weighted by atomic mass is 9.89. The topological polar surface area (TPSA) is 49.4 Å². The first-order valence-corrected chi connectivity index (χ1v) is 8.72. The summed E-state index contributed by atoms with van der Waals surface area (Å²) in [6.07, 6.45) is 6.43. The highest BCUT2D eigenvalue weighted by Gasteiger charge is 2.36. The molecule has 5 heteroatoms. The Hall–Kier alpha value is -1.36. The molecule has 1 N–H and O–H groups in total. The number of amides is 2. The summed E-state index contributed by atoms with van der Waals surface area (Å²) in [4.78, 5) is 26.7. The Kier molecular flexibility index (Phi) is 4.58. The molecule has 0 radical (unpaired) electrons. The second kappa shape index (κ2) is 6.60. The minimum absolute atomic E-state index is 0.0162. The van der Waals surface area contributed by atoms with Crippen molar-refractivity contribution in [3.05, 3.63) is 22.4 Å². The smallest absolute Gasteiger partial charge is 0.263 e. The van der Waals surface area contributed by atoms with E-state index in [-0.39, 0.29) is 17.7 Å². The fourth-order valence-electron chi connectivity index (χ4n) is 3.15. The Morgan fingerprint density at radius 2 is 2.00 bits per heavy atom. The van der Waals surface area contributed by atoms with Crippen molar-refractivity contribution < 1.29 is 9.59 Å². The second-order valence-corrected chi connectivity index (χ2v) is 7.08. The zero-order chi connectivity index (χ0) is 14.7. The maximum atomic E-state index is 12.1. The van der Waals surface area contributed by atoms with Gasteiger partial charge in [-0.3, -0.25) is 9.59 Å². The number of carbonyl (C=O) groups excluding carboxylic acids is 2. The average molecular weight is 306 g/mol. The molecule has 0 spiro atoms. The third-order valence-electron chi connectivity index (χ3n) is 4.56. The van der Waals surface area contributed by atoms with Gasteiger partial charge in [0, 0.05) is 19.6 Å². The summed E-state index contributed by atoms with van der Waals surface area (Å²) in [5, 5.41) is 4.98. The standard InChI is InChI=1S/C16H22N2O2S/c19-15(17-9-12-5-2-1-3-6-12)13-10-18(11-13)16(20)14-7-4-8-21-14/h4,7-8,12-13H,1-3,5-6,9-11H2,(H,17,19). The molecule has 0 bridgehead atoms. The van der Waals surface area contributed by atoms with E-state index in [1.165, 1.54) is 43.4 Å². The van der Waals surface area contributed by atoms with E-state index in [1.807, 2.05) is 17.5 Å². The molecule has 1 saturated carbocycles.